The molecule has 108 valence electrons. The first kappa shape index (κ1) is 14.3. The number of ether oxygens (including phenoxy) is 2. The van der Waals surface area contributed by atoms with Crippen molar-refractivity contribution in [1.29, 1.82) is 0 Å². The molecule has 0 aromatic heterocycles. The maximum absolute atomic E-state index is 12.6. The third kappa shape index (κ3) is 2.91. The van der Waals surface area contributed by atoms with Crippen LogP contribution in [-0.4, -0.2) is 57.0 Å². The Morgan fingerprint density at radius 1 is 1.25 bits per heavy atom. The van der Waals surface area contributed by atoms with Crippen molar-refractivity contribution in [2.75, 3.05) is 40.4 Å². The van der Waals surface area contributed by atoms with E-state index in [0.29, 0.717) is 36.7 Å². The van der Waals surface area contributed by atoms with Gasteiger partial charge in [0.1, 0.15) is 17.1 Å². The highest BCUT2D eigenvalue weighted by atomic mass is 16.5. The molecule has 1 heterocycles. The number of ketones is 1. The van der Waals surface area contributed by atoms with Crippen LogP contribution in [0.5, 0.6) is 11.5 Å². The molecule has 2 rings (SSSR count). The lowest BCUT2D eigenvalue weighted by Crippen LogP contribution is -2.36. The lowest BCUT2D eigenvalue weighted by Gasteiger charge is -2.21. The zero-order valence-electron chi connectivity index (χ0n) is 11.6. The van der Waals surface area contributed by atoms with E-state index in [-0.39, 0.29) is 18.2 Å². The van der Waals surface area contributed by atoms with Crippen LogP contribution in [0.25, 0.3) is 0 Å². The van der Waals surface area contributed by atoms with E-state index in [9.17, 15) is 9.59 Å². The van der Waals surface area contributed by atoms with Gasteiger partial charge in [0.25, 0.3) is 5.91 Å². The summed E-state index contributed by atoms with van der Waals surface area (Å²) in [4.78, 5) is 25.8. The molecule has 1 saturated heterocycles. The molecule has 0 radical (unpaired) electrons. The number of amides is 1. The van der Waals surface area contributed by atoms with Gasteiger partial charge < -0.3 is 19.7 Å². The zero-order chi connectivity index (χ0) is 14.5. The van der Waals surface area contributed by atoms with E-state index < -0.39 is 0 Å². The number of benzene rings is 1. The second-order valence-electron chi connectivity index (χ2n) is 4.48. The number of Topliss-reactive ketones (excluding diaryl/α,β-unsaturated/α-hetero) is 1. The van der Waals surface area contributed by atoms with Gasteiger partial charge in [0.05, 0.1) is 27.3 Å². The van der Waals surface area contributed by atoms with Crippen molar-refractivity contribution in [2.24, 2.45) is 0 Å². The number of hydrogen-bond donors (Lipinski definition) is 1. The normalized spacial score (nSPS) is 15.7. The predicted molar refractivity (Wildman–Crippen MR) is 73.3 cm³/mol. The molecule has 1 aliphatic heterocycles. The summed E-state index contributed by atoms with van der Waals surface area (Å²) in [7, 11) is 3.00. The highest BCUT2D eigenvalue weighted by Crippen LogP contribution is 2.29. The molecule has 1 aromatic carbocycles. The van der Waals surface area contributed by atoms with Gasteiger partial charge in [-0.15, -0.1) is 0 Å². The quantitative estimate of drug-likeness (QED) is 0.862. The maximum Gasteiger partial charge on any atom is 0.261 e. The van der Waals surface area contributed by atoms with Crippen molar-refractivity contribution in [2.45, 2.75) is 0 Å². The largest absolute Gasteiger partial charge is 0.496 e. The fourth-order valence-electron chi connectivity index (χ4n) is 2.18. The van der Waals surface area contributed by atoms with Crippen LogP contribution >= 0.6 is 0 Å². The van der Waals surface area contributed by atoms with Crippen molar-refractivity contribution in [1.82, 2.24) is 10.2 Å². The van der Waals surface area contributed by atoms with Gasteiger partial charge in [0.2, 0.25) is 0 Å². The van der Waals surface area contributed by atoms with Crippen LogP contribution in [0.4, 0.5) is 0 Å². The van der Waals surface area contributed by atoms with Gasteiger partial charge in [0.15, 0.2) is 5.78 Å². The molecule has 1 aromatic rings. The zero-order valence-corrected chi connectivity index (χ0v) is 11.6. The van der Waals surface area contributed by atoms with Crippen LogP contribution in [0.2, 0.25) is 0 Å². The molecule has 20 heavy (non-hydrogen) atoms. The van der Waals surface area contributed by atoms with Crippen molar-refractivity contribution in [3.8, 4) is 11.5 Å². The van der Waals surface area contributed by atoms with Crippen LogP contribution < -0.4 is 14.8 Å². The average Bonchev–Trinajstić information content (AvgIpc) is 2.70. The Morgan fingerprint density at radius 2 is 1.90 bits per heavy atom. The maximum atomic E-state index is 12.6. The van der Waals surface area contributed by atoms with E-state index in [4.69, 9.17) is 9.47 Å². The van der Waals surface area contributed by atoms with Crippen molar-refractivity contribution < 1.29 is 19.1 Å². The molecule has 1 amide bonds. The van der Waals surface area contributed by atoms with Gasteiger partial charge in [-0.1, -0.05) is 6.07 Å². The van der Waals surface area contributed by atoms with Crippen molar-refractivity contribution in [3.05, 3.63) is 23.8 Å². The fourth-order valence-corrected chi connectivity index (χ4v) is 2.18. The second kappa shape index (κ2) is 6.38. The smallest absolute Gasteiger partial charge is 0.261 e. The summed E-state index contributed by atoms with van der Waals surface area (Å²) in [5, 5.41) is 2.98. The molecule has 1 N–H and O–H groups in total. The van der Waals surface area contributed by atoms with E-state index in [1.165, 1.54) is 19.1 Å². The van der Waals surface area contributed by atoms with Gasteiger partial charge in [-0.05, 0) is 12.1 Å². The Morgan fingerprint density at radius 3 is 2.50 bits per heavy atom. The Bertz CT molecular complexity index is 494. The summed E-state index contributed by atoms with van der Waals surface area (Å²) in [5.41, 5.74) is 0.354. The second-order valence-corrected chi connectivity index (χ2v) is 4.48. The average molecular weight is 278 g/mol. The van der Waals surface area contributed by atoms with Crippen LogP contribution in [0.3, 0.4) is 0 Å². The predicted octanol–water partition coefficient (Wildman–Crippen LogP) is 0.318. The van der Waals surface area contributed by atoms with Crippen LogP contribution in [-0.2, 0) is 4.79 Å². The standard InChI is InChI=1S/C14H18N2O4/c1-19-11-4-3-5-12(20-2)13(11)14(18)16-7-6-15-8-10(17)9-16/h3-5,15H,6-9H2,1-2H3. The van der Waals surface area contributed by atoms with Crippen molar-refractivity contribution in [3.63, 3.8) is 0 Å². The Kier molecular flexibility index (Phi) is 4.57. The third-order valence-electron chi connectivity index (χ3n) is 3.18. The molecule has 6 nitrogen and oxygen atoms in total. The summed E-state index contributed by atoms with van der Waals surface area (Å²) >= 11 is 0. The number of carbonyl (C=O) groups excluding carboxylic acids is 2. The van der Waals surface area contributed by atoms with Crippen LogP contribution in [0.1, 0.15) is 10.4 Å². The number of rotatable bonds is 3. The summed E-state index contributed by atoms with van der Waals surface area (Å²) in [6.45, 7) is 1.47. The number of nitrogens with one attached hydrogen (secondary N) is 1. The highest BCUT2D eigenvalue weighted by Gasteiger charge is 2.26. The Balaban J connectivity index is 2.34. The minimum atomic E-state index is -0.253. The lowest BCUT2D eigenvalue weighted by molar-refractivity contribution is -0.118. The summed E-state index contributed by atoms with van der Waals surface area (Å²) in [5.74, 6) is 0.624. The number of hydrogen-bond acceptors (Lipinski definition) is 5. The Labute approximate surface area is 117 Å². The molecule has 6 heteroatoms. The van der Waals surface area contributed by atoms with E-state index in [2.05, 4.69) is 5.32 Å². The van der Waals surface area contributed by atoms with E-state index in [0.717, 1.165) is 0 Å². The van der Waals surface area contributed by atoms with Gasteiger partial charge in [-0.3, -0.25) is 9.59 Å². The van der Waals surface area contributed by atoms with Gasteiger partial charge >= 0.3 is 0 Å². The molecule has 0 aliphatic carbocycles. The van der Waals surface area contributed by atoms with Crippen LogP contribution in [0, 0.1) is 0 Å². The minimum Gasteiger partial charge on any atom is -0.496 e. The van der Waals surface area contributed by atoms with Crippen molar-refractivity contribution >= 4 is 11.7 Å². The molecule has 1 fully saturated rings. The SMILES string of the molecule is COc1cccc(OC)c1C(=O)N1CCNCC(=O)C1. The molecule has 0 unspecified atom stereocenters. The third-order valence-corrected chi connectivity index (χ3v) is 3.18. The first-order chi connectivity index (χ1) is 9.67. The van der Waals surface area contributed by atoms with E-state index in [1.54, 1.807) is 18.2 Å². The first-order valence-electron chi connectivity index (χ1n) is 6.40. The summed E-state index contributed by atoms with van der Waals surface area (Å²) in [6.07, 6.45) is 0. The van der Waals surface area contributed by atoms with E-state index >= 15 is 0 Å². The minimum absolute atomic E-state index is 0.00952. The monoisotopic (exact) mass is 278 g/mol. The first-order valence-corrected chi connectivity index (χ1v) is 6.40. The van der Waals surface area contributed by atoms with Gasteiger partial charge in [0, 0.05) is 13.1 Å². The lowest BCUT2D eigenvalue weighted by atomic mass is 10.1. The number of carbonyl (C=O) groups is 2. The molecule has 1 aliphatic rings. The summed E-state index contributed by atoms with van der Waals surface area (Å²) < 4.78 is 10.5. The topological polar surface area (TPSA) is 67.9 Å². The number of nitrogens with zero attached hydrogens (tertiary/aromatic N) is 1. The van der Waals surface area contributed by atoms with E-state index in [1.807, 2.05) is 0 Å². The Hall–Kier alpha value is -2.08. The number of methoxy groups -OCH3 is 2. The molecular weight excluding hydrogens is 260 g/mol. The van der Waals surface area contributed by atoms with Gasteiger partial charge in [-0.2, -0.15) is 0 Å². The molecule has 0 saturated carbocycles. The van der Waals surface area contributed by atoms with Crippen LogP contribution in [0.15, 0.2) is 18.2 Å². The fraction of sp³-hybridized carbons (Fsp3) is 0.429. The molecular formula is C14H18N2O4. The van der Waals surface area contributed by atoms with Gasteiger partial charge in [-0.25, -0.2) is 0 Å². The highest BCUT2D eigenvalue weighted by molar-refractivity contribution is 6.01. The summed E-state index contributed by atoms with van der Waals surface area (Å²) in [6, 6.07) is 5.16. The molecule has 0 spiro atoms. The molecule has 0 atom stereocenters. The molecule has 0 bridgehead atoms.